The molecule has 0 unspecified atom stereocenters. The average molecular weight is 384 g/mol. The number of piperazine rings is 1. The van der Waals surface area contributed by atoms with Crippen LogP contribution in [0.3, 0.4) is 0 Å². The Kier molecular flexibility index (Phi) is 5.85. The molecule has 0 aromatic carbocycles. The van der Waals surface area contributed by atoms with E-state index in [1.165, 1.54) is 25.7 Å². The first-order chi connectivity index (χ1) is 13.7. The van der Waals surface area contributed by atoms with Gasteiger partial charge in [0.1, 0.15) is 5.82 Å². The molecule has 0 aliphatic carbocycles. The van der Waals surface area contributed by atoms with Gasteiger partial charge in [0.05, 0.1) is 0 Å². The van der Waals surface area contributed by atoms with Crippen molar-refractivity contribution in [2.45, 2.75) is 32.6 Å². The Balaban J connectivity index is 1.40. The van der Waals surface area contributed by atoms with Crippen molar-refractivity contribution in [3.63, 3.8) is 0 Å². The van der Waals surface area contributed by atoms with Gasteiger partial charge >= 0.3 is 11.8 Å². The van der Waals surface area contributed by atoms with Crippen molar-refractivity contribution in [1.29, 1.82) is 0 Å². The molecule has 0 saturated carbocycles. The minimum Gasteiger partial charge on any atom is -0.357 e. The second-order valence-corrected chi connectivity index (χ2v) is 7.51. The summed E-state index contributed by atoms with van der Waals surface area (Å²) in [5.74, 6) is 1.25. The van der Waals surface area contributed by atoms with Crippen LogP contribution in [0, 0.1) is 0 Å². The third kappa shape index (κ3) is 4.16. The van der Waals surface area contributed by atoms with E-state index in [2.05, 4.69) is 31.8 Å². The van der Waals surface area contributed by atoms with Gasteiger partial charge < -0.3 is 14.3 Å². The van der Waals surface area contributed by atoms with E-state index in [1.807, 2.05) is 17.0 Å². The Labute approximate surface area is 165 Å². The van der Waals surface area contributed by atoms with Crippen molar-refractivity contribution >= 4 is 11.7 Å². The molecular formula is C20H28N6O2. The van der Waals surface area contributed by atoms with E-state index in [0.29, 0.717) is 18.9 Å². The number of hydrogen-bond acceptors (Lipinski definition) is 7. The molecule has 0 spiro atoms. The molecule has 28 heavy (non-hydrogen) atoms. The van der Waals surface area contributed by atoms with Gasteiger partial charge in [0.15, 0.2) is 0 Å². The van der Waals surface area contributed by atoms with E-state index in [4.69, 9.17) is 4.52 Å². The van der Waals surface area contributed by atoms with E-state index in [1.54, 1.807) is 6.20 Å². The fraction of sp³-hybridized carbons (Fsp3) is 0.600. The smallest absolute Gasteiger partial charge is 0.316 e. The maximum atomic E-state index is 12.7. The van der Waals surface area contributed by atoms with Gasteiger partial charge in [-0.05, 0) is 37.9 Å². The van der Waals surface area contributed by atoms with Crippen molar-refractivity contribution in [1.82, 2.24) is 24.9 Å². The quantitative estimate of drug-likeness (QED) is 0.756. The summed E-state index contributed by atoms with van der Waals surface area (Å²) >= 11 is 0. The van der Waals surface area contributed by atoms with Gasteiger partial charge in [0, 0.05) is 51.0 Å². The Morgan fingerprint density at radius 3 is 2.68 bits per heavy atom. The highest BCUT2D eigenvalue weighted by molar-refractivity contribution is 5.90. The summed E-state index contributed by atoms with van der Waals surface area (Å²) in [7, 11) is 0. The molecule has 4 heterocycles. The highest BCUT2D eigenvalue weighted by Gasteiger charge is 2.26. The molecule has 8 heteroatoms. The lowest BCUT2D eigenvalue weighted by molar-refractivity contribution is 0.0588. The summed E-state index contributed by atoms with van der Waals surface area (Å²) in [6.45, 7) is 8.55. The molecule has 2 aromatic rings. The number of amides is 1. The number of rotatable bonds is 6. The molecule has 2 aliphatic heterocycles. The molecule has 2 aromatic heterocycles. The first kappa shape index (κ1) is 18.9. The molecule has 2 fully saturated rings. The highest BCUT2D eigenvalue weighted by Crippen LogP contribution is 2.23. The maximum Gasteiger partial charge on any atom is 0.316 e. The molecule has 1 amide bonds. The Morgan fingerprint density at radius 2 is 1.93 bits per heavy atom. The lowest BCUT2D eigenvalue weighted by atomic mass is 10.2. The number of nitrogens with zero attached hydrogens (tertiary/aromatic N) is 6. The van der Waals surface area contributed by atoms with Crippen LogP contribution in [0.4, 0.5) is 5.82 Å². The van der Waals surface area contributed by atoms with E-state index in [9.17, 15) is 4.79 Å². The standard InChI is InChI=1S/C20H28N6O2/c1-2-3-8-24-11-13-26(14-12-24)20(27)19-22-18(23-28-19)16-6-7-21-17(15-16)25-9-4-5-10-25/h6-7,15H,2-5,8-14H2,1H3. The van der Waals surface area contributed by atoms with Crippen LogP contribution in [0.5, 0.6) is 0 Å². The SMILES string of the molecule is CCCCN1CCN(C(=O)c2nc(-c3ccnc(N4CCCC4)c3)no2)CC1. The number of hydrogen-bond donors (Lipinski definition) is 0. The normalized spacial score (nSPS) is 18.0. The fourth-order valence-corrected chi connectivity index (χ4v) is 3.80. The summed E-state index contributed by atoms with van der Waals surface area (Å²) < 4.78 is 5.29. The Hall–Kier alpha value is -2.48. The van der Waals surface area contributed by atoms with Crippen molar-refractivity contribution < 1.29 is 9.32 Å². The average Bonchev–Trinajstić information content (AvgIpc) is 3.45. The first-order valence-corrected chi connectivity index (χ1v) is 10.3. The van der Waals surface area contributed by atoms with Crippen LogP contribution in [0.2, 0.25) is 0 Å². The second kappa shape index (κ2) is 8.68. The molecule has 0 radical (unpaired) electrons. The van der Waals surface area contributed by atoms with Gasteiger partial charge in [-0.1, -0.05) is 18.5 Å². The van der Waals surface area contributed by atoms with Crippen LogP contribution in [0.25, 0.3) is 11.4 Å². The molecule has 0 N–H and O–H groups in total. The van der Waals surface area contributed by atoms with Gasteiger partial charge in [-0.2, -0.15) is 4.98 Å². The van der Waals surface area contributed by atoms with Crippen molar-refractivity contribution in [3.8, 4) is 11.4 Å². The van der Waals surface area contributed by atoms with Gasteiger partial charge in [-0.3, -0.25) is 9.69 Å². The number of pyridine rings is 1. The molecule has 4 rings (SSSR count). The predicted octanol–water partition coefficient (Wildman–Crippen LogP) is 2.29. The number of unbranched alkanes of at least 4 members (excludes halogenated alkanes) is 1. The molecule has 150 valence electrons. The predicted molar refractivity (Wildman–Crippen MR) is 106 cm³/mol. The van der Waals surface area contributed by atoms with Crippen LogP contribution in [0.1, 0.15) is 43.3 Å². The minimum absolute atomic E-state index is 0.0662. The van der Waals surface area contributed by atoms with Crippen LogP contribution in [0.15, 0.2) is 22.9 Å². The number of carbonyl (C=O) groups excluding carboxylic acids is 1. The zero-order valence-electron chi connectivity index (χ0n) is 16.5. The number of aromatic nitrogens is 3. The lowest BCUT2D eigenvalue weighted by Gasteiger charge is -2.33. The number of anilines is 1. The van der Waals surface area contributed by atoms with Crippen LogP contribution >= 0.6 is 0 Å². The Morgan fingerprint density at radius 1 is 1.14 bits per heavy atom. The third-order valence-corrected chi connectivity index (χ3v) is 5.53. The summed E-state index contributed by atoms with van der Waals surface area (Å²) in [5, 5.41) is 4.04. The van der Waals surface area contributed by atoms with Crippen LogP contribution in [-0.2, 0) is 0 Å². The topological polar surface area (TPSA) is 78.6 Å². The fourth-order valence-electron chi connectivity index (χ4n) is 3.80. The van der Waals surface area contributed by atoms with Gasteiger partial charge in [0.25, 0.3) is 0 Å². The minimum atomic E-state index is -0.178. The van der Waals surface area contributed by atoms with Crippen molar-refractivity contribution in [2.24, 2.45) is 0 Å². The highest BCUT2D eigenvalue weighted by atomic mass is 16.5. The molecule has 2 aliphatic rings. The second-order valence-electron chi connectivity index (χ2n) is 7.51. The van der Waals surface area contributed by atoms with Gasteiger partial charge in [0.2, 0.25) is 5.82 Å². The molecule has 2 saturated heterocycles. The summed E-state index contributed by atoms with van der Waals surface area (Å²) in [5.41, 5.74) is 0.823. The van der Waals surface area contributed by atoms with Crippen molar-refractivity contribution in [3.05, 3.63) is 24.2 Å². The van der Waals surface area contributed by atoms with Crippen LogP contribution in [-0.4, -0.2) is 76.6 Å². The molecule has 8 nitrogen and oxygen atoms in total. The monoisotopic (exact) mass is 384 g/mol. The third-order valence-electron chi connectivity index (χ3n) is 5.53. The lowest BCUT2D eigenvalue weighted by Crippen LogP contribution is -2.48. The summed E-state index contributed by atoms with van der Waals surface area (Å²) in [4.78, 5) is 28.0. The van der Waals surface area contributed by atoms with E-state index < -0.39 is 0 Å². The summed E-state index contributed by atoms with van der Waals surface area (Å²) in [6.07, 6.45) is 6.54. The van der Waals surface area contributed by atoms with E-state index in [-0.39, 0.29) is 11.8 Å². The zero-order chi connectivity index (χ0) is 19.3. The molecule has 0 bridgehead atoms. The largest absolute Gasteiger partial charge is 0.357 e. The van der Waals surface area contributed by atoms with E-state index in [0.717, 1.165) is 44.1 Å². The molecular weight excluding hydrogens is 356 g/mol. The summed E-state index contributed by atoms with van der Waals surface area (Å²) in [6, 6.07) is 3.82. The van der Waals surface area contributed by atoms with Gasteiger partial charge in [-0.15, -0.1) is 0 Å². The van der Waals surface area contributed by atoms with Gasteiger partial charge in [-0.25, -0.2) is 4.98 Å². The molecule has 0 atom stereocenters. The van der Waals surface area contributed by atoms with Crippen LogP contribution < -0.4 is 4.90 Å². The Bertz CT molecular complexity index is 793. The zero-order valence-corrected chi connectivity index (χ0v) is 16.5. The maximum absolute atomic E-state index is 12.7. The number of carbonyl (C=O) groups is 1. The van der Waals surface area contributed by atoms with Crippen molar-refractivity contribution in [2.75, 3.05) is 50.7 Å². The van der Waals surface area contributed by atoms with E-state index >= 15 is 0 Å². The first-order valence-electron chi connectivity index (χ1n) is 10.3.